The van der Waals surface area contributed by atoms with Crippen LogP contribution in [0.5, 0.6) is 0 Å². The highest BCUT2D eigenvalue weighted by Crippen LogP contribution is 2.44. The molecule has 0 amide bonds. The third-order valence-electron chi connectivity index (χ3n) is 4.77. The number of rotatable bonds is 2. The Kier molecular flexibility index (Phi) is 5.25. The van der Waals surface area contributed by atoms with Crippen LogP contribution in [0.25, 0.3) is 0 Å². The highest BCUT2D eigenvalue weighted by Gasteiger charge is 2.35. The molecule has 2 nitrogen and oxygen atoms in total. The summed E-state index contributed by atoms with van der Waals surface area (Å²) < 4.78 is 0. The molecule has 0 unspecified atom stereocenters. The van der Waals surface area contributed by atoms with Crippen LogP contribution in [-0.2, 0) is 5.41 Å². The van der Waals surface area contributed by atoms with Gasteiger partial charge < -0.3 is 0 Å². The topological polar surface area (TPSA) is 28.7 Å². The minimum absolute atomic E-state index is 0.265. The average Bonchev–Trinajstić information content (AvgIpc) is 3.24. The first kappa shape index (κ1) is 15.5. The van der Waals surface area contributed by atoms with Gasteiger partial charge in [-0.15, -0.1) is 0 Å². The Morgan fingerprint density at radius 3 is 1.65 bits per heavy atom. The number of hydrogen-bond acceptors (Lipinski definition) is 1. The Balaban J connectivity index is 0.000000267. The molecule has 1 heterocycles. The molecule has 2 aromatic carbocycles. The molecular formula is C21H24N2. The van der Waals surface area contributed by atoms with Gasteiger partial charge in [-0.25, -0.2) is 0 Å². The molecule has 23 heavy (non-hydrogen) atoms. The first-order valence-corrected chi connectivity index (χ1v) is 8.47. The fourth-order valence-electron chi connectivity index (χ4n) is 3.63. The summed E-state index contributed by atoms with van der Waals surface area (Å²) in [6, 6.07) is 24.0. The molecule has 2 heteroatoms. The number of nitrogens with one attached hydrogen (secondary N) is 1. The summed E-state index contributed by atoms with van der Waals surface area (Å²) in [5, 5.41) is 6.21. The van der Waals surface area contributed by atoms with Crippen molar-refractivity contribution in [3.8, 4) is 0 Å². The van der Waals surface area contributed by atoms with E-state index in [2.05, 4.69) is 70.9 Å². The summed E-state index contributed by atoms with van der Waals surface area (Å²) in [6.07, 6.45) is 10.1. The van der Waals surface area contributed by atoms with E-state index in [0.717, 1.165) is 0 Å². The first-order valence-electron chi connectivity index (χ1n) is 8.47. The van der Waals surface area contributed by atoms with E-state index in [1.54, 1.807) is 12.4 Å². The third kappa shape index (κ3) is 3.70. The van der Waals surface area contributed by atoms with Crippen LogP contribution in [0.2, 0.25) is 0 Å². The van der Waals surface area contributed by atoms with Gasteiger partial charge in [-0.3, -0.25) is 5.10 Å². The molecule has 4 rings (SSSR count). The van der Waals surface area contributed by atoms with Gasteiger partial charge in [0.05, 0.1) is 0 Å². The maximum atomic E-state index is 3.60. The van der Waals surface area contributed by atoms with Crippen molar-refractivity contribution in [1.82, 2.24) is 10.2 Å². The third-order valence-corrected chi connectivity index (χ3v) is 4.77. The van der Waals surface area contributed by atoms with Gasteiger partial charge in [0.2, 0.25) is 0 Å². The zero-order valence-corrected chi connectivity index (χ0v) is 13.5. The molecule has 1 saturated carbocycles. The molecule has 0 spiro atoms. The van der Waals surface area contributed by atoms with Gasteiger partial charge in [0.1, 0.15) is 0 Å². The fraction of sp³-hybridized carbons (Fsp3) is 0.286. The van der Waals surface area contributed by atoms with Crippen molar-refractivity contribution < 1.29 is 0 Å². The van der Waals surface area contributed by atoms with Crippen molar-refractivity contribution in [2.45, 2.75) is 37.5 Å². The second-order valence-corrected chi connectivity index (χ2v) is 6.14. The predicted octanol–water partition coefficient (Wildman–Crippen LogP) is 5.35. The zero-order chi connectivity index (χ0) is 15.8. The maximum absolute atomic E-state index is 3.60. The van der Waals surface area contributed by atoms with Crippen LogP contribution in [0.4, 0.5) is 0 Å². The summed E-state index contributed by atoms with van der Waals surface area (Å²) in [7, 11) is 0. The van der Waals surface area contributed by atoms with Gasteiger partial charge in [-0.05, 0) is 30.0 Å². The Morgan fingerprint density at radius 1 is 0.696 bits per heavy atom. The SMILES string of the molecule is c1ccc(C2(c3ccccc3)CCCCC2)cc1.c1cn[nH]c1. The monoisotopic (exact) mass is 304 g/mol. The second-order valence-electron chi connectivity index (χ2n) is 6.14. The predicted molar refractivity (Wildman–Crippen MR) is 95.3 cm³/mol. The maximum Gasteiger partial charge on any atom is 0.0487 e. The molecule has 0 saturated heterocycles. The van der Waals surface area contributed by atoms with Crippen molar-refractivity contribution in [2.75, 3.05) is 0 Å². The summed E-state index contributed by atoms with van der Waals surface area (Å²) >= 11 is 0. The Morgan fingerprint density at radius 2 is 1.26 bits per heavy atom. The van der Waals surface area contributed by atoms with Crippen molar-refractivity contribution in [3.05, 3.63) is 90.3 Å². The van der Waals surface area contributed by atoms with Crippen LogP contribution in [0, 0.1) is 0 Å². The number of hydrogen-bond donors (Lipinski definition) is 1. The van der Waals surface area contributed by atoms with Gasteiger partial charge in [0, 0.05) is 17.8 Å². The number of aromatic amines is 1. The molecule has 1 N–H and O–H groups in total. The first-order chi connectivity index (χ1) is 11.4. The lowest BCUT2D eigenvalue weighted by molar-refractivity contribution is 0.346. The van der Waals surface area contributed by atoms with Gasteiger partial charge >= 0.3 is 0 Å². The molecular weight excluding hydrogens is 280 g/mol. The minimum atomic E-state index is 0.265. The number of benzene rings is 2. The van der Waals surface area contributed by atoms with Crippen LogP contribution >= 0.6 is 0 Å². The Labute approximate surface area is 138 Å². The van der Waals surface area contributed by atoms with Crippen LogP contribution in [0.15, 0.2) is 79.1 Å². The standard InChI is InChI=1S/C18H20.C3H4N2/c1-4-10-16(11-5-1)18(14-8-3-9-15-18)17-12-6-2-7-13-17;1-2-4-5-3-1/h1-2,4-7,10-13H,3,8-9,14-15H2;1-3H,(H,4,5). The normalized spacial score (nSPS) is 16.2. The van der Waals surface area contributed by atoms with Crippen molar-refractivity contribution in [2.24, 2.45) is 0 Å². The van der Waals surface area contributed by atoms with E-state index < -0.39 is 0 Å². The van der Waals surface area contributed by atoms with Crippen LogP contribution in [0.3, 0.4) is 0 Å². The number of aromatic nitrogens is 2. The highest BCUT2D eigenvalue weighted by atomic mass is 15.1. The Bertz CT molecular complexity index is 595. The van der Waals surface area contributed by atoms with Gasteiger partial charge in [-0.2, -0.15) is 5.10 Å². The van der Waals surface area contributed by atoms with Crippen molar-refractivity contribution in [3.63, 3.8) is 0 Å². The molecule has 0 atom stereocenters. The van der Waals surface area contributed by atoms with Gasteiger partial charge in [-0.1, -0.05) is 79.9 Å². The van der Waals surface area contributed by atoms with Crippen LogP contribution < -0.4 is 0 Å². The molecule has 3 aromatic rings. The minimum Gasteiger partial charge on any atom is -0.286 e. The fourth-order valence-corrected chi connectivity index (χ4v) is 3.63. The van der Waals surface area contributed by atoms with Crippen LogP contribution in [-0.4, -0.2) is 10.2 Å². The quantitative estimate of drug-likeness (QED) is 0.679. The molecule has 0 aliphatic heterocycles. The van der Waals surface area contributed by atoms with E-state index in [4.69, 9.17) is 0 Å². The van der Waals surface area contributed by atoms with E-state index in [1.165, 1.54) is 43.2 Å². The lowest BCUT2D eigenvalue weighted by atomic mass is 9.65. The number of nitrogens with zero attached hydrogens (tertiary/aromatic N) is 1. The largest absolute Gasteiger partial charge is 0.286 e. The molecule has 1 aliphatic rings. The second kappa shape index (κ2) is 7.77. The Hall–Kier alpha value is -2.35. The van der Waals surface area contributed by atoms with E-state index in [-0.39, 0.29) is 5.41 Å². The van der Waals surface area contributed by atoms with Crippen molar-refractivity contribution in [1.29, 1.82) is 0 Å². The van der Waals surface area contributed by atoms with E-state index in [9.17, 15) is 0 Å². The number of H-pyrrole nitrogens is 1. The smallest absolute Gasteiger partial charge is 0.0487 e. The van der Waals surface area contributed by atoms with Gasteiger partial charge in [0.25, 0.3) is 0 Å². The summed E-state index contributed by atoms with van der Waals surface area (Å²) in [5.74, 6) is 0. The average molecular weight is 304 g/mol. The summed E-state index contributed by atoms with van der Waals surface area (Å²) in [6.45, 7) is 0. The molecule has 118 valence electrons. The summed E-state index contributed by atoms with van der Waals surface area (Å²) in [5.41, 5.74) is 3.26. The van der Waals surface area contributed by atoms with E-state index >= 15 is 0 Å². The van der Waals surface area contributed by atoms with Crippen LogP contribution in [0.1, 0.15) is 43.2 Å². The van der Waals surface area contributed by atoms with Crippen molar-refractivity contribution >= 4 is 0 Å². The lowest BCUT2D eigenvalue weighted by Gasteiger charge is -2.38. The zero-order valence-electron chi connectivity index (χ0n) is 13.5. The molecule has 1 fully saturated rings. The van der Waals surface area contributed by atoms with E-state index in [0.29, 0.717) is 0 Å². The van der Waals surface area contributed by atoms with Gasteiger partial charge in [0.15, 0.2) is 0 Å². The molecule has 0 bridgehead atoms. The lowest BCUT2D eigenvalue weighted by Crippen LogP contribution is -2.30. The highest BCUT2D eigenvalue weighted by molar-refractivity contribution is 5.39. The molecule has 1 aliphatic carbocycles. The van der Waals surface area contributed by atoms with E-state index in [1.807, 2.05) is 6.07 Å². The molecule has 1 aromatic heterocycles. The summed E-state index contributed by atoms with van der Waals surface area (Å²) in [4.78, 5) is 0. The molecule has 0 radical (unpaired) electrons.